The third kappa shape index (κ3) is 2.38. The Hall–Kier alpha value is -1.75. The van der Waals surface area contributed by atoms with E-state index in [-0.39, 0.29) is 5.69 Å². The molecule has 2 heterocycles. The Balaban J connectivity index is 2.15. The molecule has 0 bridgehead atoms. The summed E-state index contributed by atoms with van der Waals surface area (Å²) in [7, 11) is 0. The number of hydrogen-bond acceptors (Lipinski definition) is 4. The summed E-state index contributed by atoms with van der Waals surface area (Å²) in [5.41, 5.74) is 0.995. The van der Waals surface area contributed by atoms with Gasteiger partial charge in [-0.2, -0.15) is 0 Å². The van der Waals surface area contributed by atoms with Crippen molar-refractivity contribution >= 4 is 17.3 Å². The van der Waals surface area contributed by atoms with Gasteiger partial charge in [0, 0.05) is 23.7 Å². The summed E-state index contributed by atoms with van der Waals surface area (Å²) in [6.45, 7) is 0. The lowest BCUT2D eigenvalue weighted by atomic mass is 10.3. The zero-order valence-corrected chi connectivity index (χ0v) is 8.57. The van der Waals surface area contributed by atoms with E-state index >= 15 is 0 Å². The van der Waals surface area contributed by atoms with E-state index in [1.807, 2.05) is 18.2 Å². The molecule has 0 aromatic carbocycles. The van der Waals surface area contributed by atoms with Crippen molar-refractivity contribution < 1.29 is 9.90 Å². The zero-order valence-electron chi connectivity index (χ0n) is 7.75. The number of thiazole rings is 1. The highest BCUT2D eigenvalue weighted by Crippen LogP contribution is 2.13. The van der Waals surface area contributed by atoms with Gasteiger partial charge in [-0.25, -0.2) is 9.78 Å². The molecule has 0 spiro atoms. The van der Waals surface area contributed by atoms with Crippen LogP contribution in [0.2, 0.25) is 0 Å². The van der Waals surface area contributed by atoms with Crippen LogP contribution in [0.5, 0.6) is 0 Å². The monoisotopic (exact) mass is 220 g/mol. The SMILES string of the molecule is O=C(O)c1csc(Cc2ccccn2)n1. The molecule has 0 saturated heterocycles. The second kappa shape index (κ2) is 4.18. The van der Waals surface area contributed by atoms with Gasteiger partial charge in [0.2, 0.25) is 0 Å². The minimum Gasteiger partial charge on any atom is -0.476 e. The van der Waals surface area contributed by atoms with Crippen LogP contribution in [0.1, 0.15) is 21.2 Å². The highest BCUT2D eigenvalue weighted by molar-refractivity contribution is 7.09. The number of carboxylic acids is 1. The Labute approximate surface area is 90.3 Å². The van der Waals surface area contributed by atoms with E-state index in [1.165, 1.54) is 11.3 Å². The van der Waals surface area contributed by atoms with Crippen molar-refractivity contribution in [3.05, 3.63) is 46.2 Å². The van der Waals surface area contributed by atoms with Crippen molar-refractivity contribution in [2.45, 2.75) is 6.42 Å². The first-order chi connectivity index (χ1) is 7.25. The molecule has 0 unspecified atom stereocenters. The number of carbonyl (C=O) groups is 1. The van der Waals surface area contributed by atoms with Crippen LogP contribution in [0.15, 0.2) is 29.8 Å². The number of nitrogens with zero attached hydrogens (tertiary/aromatic N) is 2. The molecule has 0 aliphatic carbocycles. The summed E-state index contributed by atoms with van der Waals surface area (Å²) in [5, 5.41) is 11.0. The largest absolute Gasteiger partial charge is 0.476 e. The van der Waals surface area contributed by atoms with Crippen LogP contribution >= 0.6 is 11.3 Å². The average molecular weight is 220 g/mol. The minimum absolute atomic E-state index is 0.103. The molecule has 0 atom stereocenters. The maximum atomic E-state index is 10.6. The molecule has 0 fully saturated rings. The predicted octanol–water partition coefficient (Wildman–Crippen LogP) is 1.83. The molecular formula is C10H8N2O2S. The van der Waals surface area contributed by atoms with Crippen LogP contribution in [-0.4, -0.2) is 21.0 Å². The smallest absolute Gasteiger partial charge is 0.355 e. The van der Waals surface area contributed by atoms with Gasteiger partial charge in [0.15, 0.2) is 5.69 Å². The molecule has 0 aliphatic heterocycles. The third-order valence-corrected chi connectivity index (χ3v) is 2.68. The predicted molar refractivity (Wildman–Crippen MR) is 56.1 cm³/mol. The van der Waals surface area contributed by atoms with E-state index < -0.39 is 5.97 Å². The standard InChI is InChI=1S/C10H8N2O2S/c13-10(14)8-6-15-9(12-8)5-7-3-1-2-4-11-7/h1-4,6H,5H2,(H,13,14). The Morgan fingerprint density at radius 1 is 1.47 bits per heavy atom. The molecular weight excluding hydrogens is 212 g/mol. The van der Waals surface area contributed by atoms with E-state index in [9.17, 15) is 4.79 Å². The maximum absolute atomic E-state index is 10.6. The summed E-state index contributed by atoms with van der Waals surface area (Å²) in [5.74, 6) is -0.987. The van der Waals surface area contributed by atoms with Crippen LogP contribution in [0.3, 0.4) is 0 Å². The molecule has 76 valence electrons. The van der Waals surface area contributed by atoms with Gasteiger partial charge in [-0.3, -0.25) is 4.98 Å². The highest BCUT2D eigenvalue weighted by Gasteiger charge is 2.08. The molecule has 0 radical (unpaired) electrons. The maximum Gasteiger partial charge on any atom is 0.355 e. The van der Waals surface area contributed by atoms with Gasteiger partial charge < -0.3 is 5.11 Å². The lowest BCUT2D eigenvalue weighted by Gasteiger charge is -1.94. The van der Waals surface area contributed by atoms with Gasteiger partial charge >= 0.3 is 5.97 Å². The highest BCUT2D eigenvalue weighted by atomic mass is 32.1. The number of aromatic carboxylic acids is 1. The number of rotatable bonds is 3. The summed E-state index contributed by atoms with van der Waals surface area (Å²) in [6, 6.07) is 5.63. The van der Waals surface area contributed by atoms with Gasteiger partial charge in [-0.1, -0.05) is 6.07 Å². The van der Waals surface area contributed by atoms with Gasteiger partial charge in [-0.05, 0) is 12.1 Å². The van der Waals surface area contributed by atoms with Crippen LogP contribution in [-0.2, 0) is 6.42 Å². The Kier molecular flexibility index (Phi) is 2.73. The van der Waals surface area contributed by atoms with E-state index in [1.54, 1.807) is 11.6 Å². The zero-order chi connectivity index (χ0) is 10.7. The first kappa shape index (κ1) is 9.79. The Bertz CT molecular complexity index is 467. The molecule has 1 N–H and O–H groups in total. The summed E-state index contributed by atoms with van der Waals surface area (Å²) < 4.78 is 0. The molecule has 15 heavy (non-hydrogen) atoms. The fourth-order valence-electron chi connectivity index (χ4n) is 1.15. The topological polar surface area (TPSA) is 63.1 Å². The number of carboxylic acid groups (broad SMARTS) is 1. The fourth-order valence-corrected chi connectivity index (χ4v) is 1.93. The molecule has 2 rings (SSSR count). The van der Waals surface area contributed by atoms with E-state index in [0.717, 1.165) is 10.7 Å². The third-order valence-electron chi connectivity index (χ3n) is 1.83. The summed E-state index contributed by atoms with van der Waals surface area (Å²) in [4.78, 5) is 18.7. The van der Waals surface area contributed by atoms with Crippen molar-refractivity contribution in [3.63, 3.8) is 0 Å². The summed E-state index contributed by atoms with van der Waals surface area (Å²) >= 11 is 1.34. The van der Waals surface area contributed by atoms with E-state index in [2.05, 4.69) is 9.97 Å². The average Bonchev–Trinajstić information content (AvgIpc) is 2.68. The molecule has 0 saturated carbocycles. The second-order valence-electron chi connectivity index (χ2n) is 2.93. The second-order valence-corrected chi connectivity index (χ2v) is 3.87. The van der Waals surface area contributed by atoms with Gasteiger partial charge in [0.05, 0.1) is 5.01 Å². The van der Waals surface area contributed by atoms with Crippen molar-refractivity contribution in [2.24, 2.45) is 0 Å². The first-order valence-corrected chi connectivity index (χ1v) is 5.21. The van der Waals surface area contributed by atoms with Gasteiger partial charge in [0.25, 0.3) is 0 Å². The normalized spacial score (nSPS) is 10.1. The quantitative estimate of drug-likeness (QED) is 0.857. The molecule has 0 aliphatic rings. The lowest BCUT2D eigenvalue weighted by Crippen LogP contribution is -1.97. The Morgan fingerprint density at radius 2 is 2.33 bits per heavy atom. The Morgan fingerprint density at radius 3 is 2.93 bits per heavy atom. The van der Waals surface area contributed by atoms with Gasteiger partial charge in [0.1, 0.15) is 0 Å². The molecule has 4 nitrogen and oxygen atoms in total. The molecule has 2 aromatic rings. The van der Waals surface area contributed by atoms with Crippen molar-refractivity contribution in [1.82, 2.24) is 9.97 Å². The summed E-state index contributed by atoms with van der Waals surface area (Å²) in [6.07, 6.45) is 2.29. The van der Waals surface area contributed by atoms with Gasteiger partial charge in [-0.15, -0.1) is 11.3 Å². The lowest BCUT2D eigenvalue weighted by molar-refractivity contribution is 0.0691. The first-order valence-electron chi connectivity index (χ1n) is 4.33. The number of hydrogen-bond donors (Lipinski definition) is 1. The number of aromatic nitrogens is 2. The minimum atomic E-state index is -0.987. The molecule has 0 amide bonds. The van der Waals surface area contributed by atoms with Crippen molar-refractivity contribution in [3.8, 4) is 0 Å². The van der Waals surface area contributed by atoms with E-state index in [4.69, 9.17) is 5.11 Å². The van der Waals surface area contributed by atoms with Crippen LogP contribution in [0.25, 0.3) is 0 Å². The van der Waals surface area contributed by atoms with Crippen molar-refractivity contribution in [2.75, 3.05) is 0 Å². The van der Waals surface area contributed by atoms with Crippen LogP contribution in [0, 0.1) is 0 Å². The van der Waals surface area contributed by atoms with E-state index in [0.29, 0.717) is 6.42 Å². The molecule has 5 heteroatoms. The van der Waals surface area contributed by atoms with Crippen LogP contribution < -0.4 is 0 Å². The molecule has 2 aromatic heterocycles. The van der Waals surface area contributed by atoms with Crippen molar-refractivity contribution in [1.29, 1.82) is 0 Å². The number of pyridine rings is 1. The fraction of sp³-hybridized carbons (Fsp3) is 0.100. The van der Waals surface area contributed by atoms with Crippen LogP contribution in [0.4, 0.5) is 0 Å².